The molecule has 6 aromatic carbocycles. The van der Waals surface area contributed by atoms with Crippen molar-refractivity contribution >= 4 is 21.8 Å². The van der Waals surface area contributed by atoms with Crippen LogP contribution in [-0.2, 0) is 0 Å². The van der Waals surface area contributed by atoms with Crippen molar-refractivity contribution in [3.05, 3.63) is 182 Å². The van der Waals surface area contributed by atoms with Crippen molar-refractivity contribution in [2.45, 2.75) is 6.92 Å². The Kier molecular flexibility index (Phi) is 7.29. The summed E-state index contributed by atoms with van der Waals surface area (Å²) in [5, 5.41) is 7.18. The summed E-state index contributed by atoms with van der Waals surface area (Å²) in [4.78, 5) is 4.72. The van der Waals surface area contributed by atoms with Crippen molar-refractivity contribution in [1.29, 1.82) is 0 Å². The lowest BCUT2D eigenvalue weighted by Crippen LogP contribution is -1.97. The Labute approximate surface area is 290 Å². The van der Waals surface area contributed by atoms with Crippen LogP contribution >= 0.6 is 0 Å². The molecule has 0 N–H and O–H groups in total. The summed E-state index contributed by atoms with van der Waals surface area (Å²) in [6.45, 7) is 2.09. The molecule has 9 aromatic rings. The molecule has 0 aliphatic rings. The number of aryl methyl sites for hydroxylation is 1. The zero-order valence-corrected chi connectivity index (χ0v) is 27.4. The molecule has 0 atom stereocenters. The third-order valence-electron chi connectivity index (χ3n) is 9.20. The number of ether oxygens (including phenoxy) is 1. The van der Waals surface area contributed by atoms with Crippen molar-refractivity contribution in [2.75, 3.05) is 0 Å². The first-order valence-electron chi connectivity index (χ1n) is 16.7. The Bertz CT molecular complexity index is 2580. The van der Waals surface area contributed by atoms with Crippen molar-refractivity contribution in [3.63, 3.8) is 0 Å². The number of pyridine rings is 1. The second kappa shape index (κ2) is 12.4. The number of nitrogens with zero attached hydrogens (tertiary/aromatic N) is 4. The van der Waals surface area contributed by atoms with E-state index in [9.17, 15) is 0 Å². The predicted octanol–water partition coefficient (Wildman–Crippen LogP) is 11.5. The van der Waals surface area contributed by atoms with Gasteiger partial charge in [0.1, 0.15) is 17.3 Å². The maximum atomic E-state index is 6.53. The Morgan fingerprint density at radius 3 is 1.98 bits per heavy atom. The summed E-state index contributed by atoms with van der Waals surface area (Å²) in [6.07, 6.45) is 5.92. The van der Waals surface area contributed by atoms with Gasteiger partial charge in [-0.25, -0.2) is 9.67 Å². The summed E-state index contributed by atoms with van der Waals surface area (Å²) in [6, 6.07) is 54.5. The van der Waals surface area contributed by atoms with Gasteiger partial charge in [-0.2, -0.15) is 5.10 Å². The molecule has 0 saturated heterocycles. The molecule has 5 nitrogen and oxygen atoms in total. The van der Waals surface area contributed by atoms with Crippen molar-refractivity contribution in [2.24, 2.45) is 0 Å². The van der Waals surface area contributed by atoms with Gasteiger partial charge in [0.2, 0.25) is 0 Å². The fourth-order valence-electron chi connectivity index (χ4n) is 6.90. The SMILES string of the molecule is Cc1ccnc(-n2c3ccccc3c3ccc(Oc4cccc(-n5cc(-c6c(-c7ccccc7)cccc6-c6ccccc6)cn5)c4)cc32)c1. The number of hydrogen-bond acceptors (Lipinski definition) is 3. The summed E-state index contributed by atoms with van der Waals surface area (Å²) in [5.74, 6) is 2.36. The third kappa shape index (κ3) is 5.31. The lowest BCUT2D eigenvalue weighted by molar-refractivity contribution is 0.483. The fraction of sp³-hybridized carbons (Fsp3) is 0.0222. The molecule has 0 spiro atoms. The van der Waals surface area contributed by atoms with E-state index >= 15 is 0 Å². The number of aromatic nitrogens is 4. The first-order chi connectivity index (χ1) is 24.7. The first-order valence-corrected chi connectivity index (χ1v) is 16.7. The number of fused-ring (bicyclic) bond motifs is 3. The fourth-order valence-corrected chi connectivity index (χ4v) is 6.90. The van der Waals surface area contributed by atoms with Crippen molar-refractivity contribution < 1.29 is 4.74 Å². The van der Waals surface area contributed by atoms with Crippen molar-refractivity contribution in [1.82, 2.24) is 19.3 Å². The lowest BCUT2D eigenvalue weighted by Gasteiger charge is -2.15. The van der Waals surface area contributed by atoms with E-state index in [0.717, 1.165) is 78.4 Å². The van der Waals surface area contributed by atoms with Crippen molar-refractivity contribution in [3.8, 4) is 56.4 Å². The minimum Gasteiger partial charge on any atom is -0.457 e. The van der Waals surface area contributed by atoms with E-state index in [1.165, 1.54) is 5.39 Å². The second-order valence-electron chi connectivity index (χ2n) is 12.5. The quantitative estimate of drug-likeness (QED) is 0.173. The van der Waals surface area contributed by atoms with E-state index in [2.05, 4.69) is 145 Å². The smallest absolute Gasteiger partial charge is 0.137 e. The van der Waals surface area contributed by atoms with Crippen LogP contribution in [0, 0.1) is 6.92 Å². The minimum absolute atomic E-state index is 0.727. The van der Waals surface area contributed by atoms with E-state index < -0.39 is 0 Å². The maximum Gasteiger partial charge on any atom is 0.137 e. The normalized spacial score (nSPS) is 11.3. The number of hydrogen-bond donors (Lipinski definition) is 0. The van der Waals surface area contributed by atoms with Gasteiger partial charge in [-0.05, 0) is 77.2 Å². The summed E-state index contributed by atoms with van der Waals surface area (Å²) >= 11 is 0. The molecule has 0 unspecified atom stereocenters. The van der Waals surface area contributed by atoms with Gasteiger partial charge in [0.05, 0.1) is 22.9 Å². The Morgan fingerprint density at radius 1 is 0.540 bits per heavy atom. The molecule has 0 saturated carbocycles. The van der Waals surface area contributed by atoms with Crippen LogP contribution in [0.15, 0.2) is 176 Å². The van der Waals surface area contributed by atoms with Gasteiger partial charge in [-0.3, -0.25) is 4.57 Å². The summed E-state index contributed by atoms with van der Waals surface area (Å²) in [5.41, 5.74) is 11.1. The van der Waals surface area contributed by atoms with E-state index in [1.54, 1.807) is 0 Å². The highest BCUT2D eigenvalue weighted by molar-refractivity contribution is 6.09. The molecule has 0 aliphatic carbocycles. The Morgan fingerprint density at radius 2 is 1.22 bits per heavy atom. The Balaban J connectivity index is 1.09. The van der Waals surface area contributed by atoms with Gasteiger partial charge in [0, 0.05) is 46.4 Å². The molecule has 0 radical (unpaired) electrons. The van der Waals surface area contributed by atoms with Crippen LogP contribution in [0.1, 0.15) is 5.56 Å². The summed E-state index contributed by atoms with van der Waals surface area (Å²) in [7, 11) is 0. The monoisotopic (exact) mass is 644 g/mol. The van der Waals surface area contributed by atoms with E-state index in [0.29, 0.717) is 0 Å². The molecule has 0 aliphatic heterocycles. The average Bonchev–Trinajstić information content (AvgIpc) is 3.79. The third-order valence-corrected chi connectivity index (χ3v) is 9.20. The molecule has 3 heterocycles. The van der Waals surface area contributed by atoms with Gasteiger partial charge in [-0.1, -0.05) is 103 Å². The molecule has 0 fully saturated rings. The molecule has 238 valence electrons. The molecule has 50 heavy (non-hydrogen) atoms. The van der Waals surface area contributed by atoms with E-state index in [1.807, 2.05) is 47.4 Å². The van der Waals surface area contributed by atoms with Gasteiger partial charge in [0.15, 0.2) is 0 Å². The molecular formula is C45H32N4O. The molecule has 9 rings (SSSR count). The second-order valence-corrected chi connectivity index (χ2v) is 12.5. The number of benzene rings is 6. The van der Waals surface area contributed by atoms with E-state index in [-0.39, 0.29) is 0 Å². The molecule has 0 amide bonds. The van der Waals surface area contributed by atoms with Crippen LogP contribution in [0.25, 0.3) is 66.7 Å². The zero-order chi connectivity index (χ0) is 33.4. The van der Waals surface area contributed by atoms with Crippen LogP contribution in [0.5, 0.6) is 11.5 Å². The van der Waals surface area contributed by atoms with Crippen LogP contribution in [0.3, 0.4) is 0 Å². The molecule has 3 aromatic heterocycles. The van der Waals surface area contributed by atoms with Gasteiger partial charge in [0.25, 0.3) is 0 Å². The van der Waals surface area contributed by atoms with Crippen LogP contribution in [0.2, 0.25) is 0 Å². The summed E-state index contributed by atoms with van der Waals surface area (Å²) < 4.78 is 10.7. The van der Waals surface area contributed by atoms with Gasteiger partial charge < -0.3 is 4.74 Å². The maximum absolute atomic E-state index is 6.53. The molecular weight excluding hydrogens is 613 g/mol. The van der Waals surface area contributed by atoms with E-state index in [4.69, 9.17) is 14.8 Å². The van der Waals surface area contributed by atoms with Crippen LogP contribution in [0.4, 0.5) is 0 Å². The number of para-hydroxylation sites is 1. The average molecular weight is 645 g/mol. The minimum atomic E-state index is 0.727. The predicted molar refractivity (Wildman–Crippen MR) is 203 cm³/mol. The Hall–Kier alpha value is -6.72. The standard InChI is InChI=1S/C45H32N4O/c1-31-24-25-46-44(26-31)49-42-21-9-8-18-40(42)41-23-22-37(28-43(41)49)50-36-17-10-16-35(27-36)48-30-34(29-47-48)45-38(32-12-4-2-5-13-32)19-11-20-39(45)33-14-6-3-7-15-33/h2-30H,1H3. The molecule has 5 heteroatoms. The number of rotatable bonds is 7. The largest absolute Gasteiger partial charge is 0.457 e. The van der Waals surface area contributed by atoms with Gasteiger partial charge >= 0.3 is 0 Å². The highest BCUT2D eigenvalue weighted by Crippen LogP contribution is 2.40. The zero-order valence-electron chi connectivity index (χ0n) is 27.4. The topological polar surface area (TPSA) is 44.9 Å². The highest BCUT2D eigenvalue weighted by Gasteiger charge is 2.17. The van der Waals surface area contributed by atoms with Crippen LogP contribution < -0.4 is 4.74 Å². The lowest BCUT2D eigenvalue weighted by atomic mass is 9.89. The van der Waals surface area contributed by atoms with Gasteiger partial charge in [-0.15, -0.1) is 0 Å². The highest BCUT2D eigenvalue weighted by atomic mass is 16.5. The molecule has 0 bridgehead atoms. The first kappa shape index (κ1) is 29.4. The van der Waals surface area contributed by atoms with Crippen LogP contribution in [-0.4, -0.2) is 19.3 Å².